The van der Waals surface area contributed by atoms with Crippen LogP contribution in [-0.2, 0) is 0 Å². The molecule has 0 saturated heterocycles. The largest absolute Gasteiger partial charge is 0.437 e. The molecular weight excluding hydrogens is 237 g/mol. The number of rotatable bonds is 0. The van der Waals surface area contributed by atoms with E-state index in [0.29, 0.717) is 11.5 Å². The molecule has 0 aliphatic carbocycles. The summed E-state index contributed by atoms with van der Waals surface area (Å²) in [4.78, 5) is 8.02. The Morgan fingerprint density at radius 1 is 1.47 bits per heavy atom. The smallest absolute Gasteiger partial charge is 0.228 e. The first-order valence-corrected chi connectivity index (χ1v) is 5.09. The van der Waals surface area contributed by atoms with E-state index < -0.39 is 5.50 Å². The van der Waals surface area contributed by atoms with Gasteiger partial charge in [-0.15, -0.1) is 0 Å². The van der Waals surface area contributed by atoms with Gasteiger partial charge in [-0.2, -0.15) is 0 Å². The van der Waals surface area contributed by atoms with Crippen LogP contribution in [0.5, 0.6) is 0 Å². The summed E-state index contributed by atoms with van der Waals surface area (Å²) in [7, 11) is 0. The zero-order chi connectivity index (χ0) is 10.4. The van der Waals surface area contributed by atoms with Gasteiger partial charge in [-0.1, -0.05) is 11.6 Å². The molecule has 76 valence electrons. The molecule has 15 heavy (non-hydrogen) atoms. The van der Waals surface area contributed by atoms with Crippen LogP contribution in [0.25, 0.3) is 11.1 Å². The van der Waals surface area contributed by atoms with E-state index in [1.165, 1.54) is 0 Å². The van der Waals surface area contributed by atoms with Gasteiger partial charge in [-0.3, -0.25) is 0 Å². The van der Waals surface area contributed by atoms with E-state index in [1.54, 1.807) is 6.20 Å². The Bertz CT molecular complexity index is 563. The van der Waals surface area contributed by atoms with E-state index in [9.17, 15) is 0 Å². The third kappa shape index (κ3) is 1.29. The fourth-order valence-corrected chi connectivity index (χ4v) is 2.03. The lowest BCUT2D eigenvalue weighted by molar-refractivity contribution is 0.537. The summed E-state index contributed by atoms with van der Waals surface area (Å²) in [6.07, 6.45) is 1.66. The van der Waals surface area contributed by atoms with Crippen molar-refractivity contribution in [2.75, 3.05) is 5.32 Å². The second-order valence-electron chi connectivity index (χ2n) is 3.08. The van der Waals surface area contributed by atoms with E-state index in [2.05, 4.69) is 15.3 Å². The van der Waals surface area contributed by atoms with E-state index in [4.69, 9.17) is 27.6 Å². The lowest BCUT2D eigenvalue weighted by Crippen LogP contribution is -2.11. The number of fused-ring (bicyclic) bond motifs is 3. The van der Waals surface area contributed by atoms with Gasteiger partial charge in [0.25, 0.3) is 0 Å². The van der Waals surface area contributed by atoms with Gasteiger partial charge < -0.3 is 9.73 Å². The van der Waals surface area contributed by atoms with Gasteiger partial charge in [0.1, 0.15) is 0 Å². The average Bonchev–Trinajstić information content (AvgIpc) is 2.57. The van der Waals surface area contributed by atoms with Gasteiger partial charge in [0, 0.05) is 6.20 Å². The van der Waals surface area contributed by atoms with Gasteiger partial charge in [-0.05, 0) is 23.7 Å². The van der Waals surface area contributed by atoms with Crippen LogP contribution in [0.3, 0.4) is 0 Å². The molecule has 0 radical (unpaired) electrons. The summed E-state index contributed by atoms with van der Waals surface area (Å²) in [6, 6.07) is 3.71. The molecule has 1 unspecified atom stereocenters. The molecule has 4 nitrogen and oxygen atoms in total. The van der Waals surface area contributed by atoms with E-state index >= 15 is 0 Å². The quantitative estimate of drug-likeness (QED) is 0.570. The highest BCUT2D eigenvalue weighted by Gasteiger charge is 2.25. The van der Waals surface area contributed by atoms with Crippen LogP contribution in [0.15, 0.2) is 27.7 Å². The van der Waals surface area contributed by atoms with Crippen molar-refractivity contribution < 1.29 is 4.42 Å². The molecule has 0 aromatic carbocycles. The normalized spacial score (nSPS) is 19.6. The van der Waals surface area contributed by atoms with E-state index in [-0.39, 0.29) is 5.29 Å². The van der Waals surface area contributed by atoms with Crippen molar-refractivity contribution in [3.8, 4) is 0 Å². The van der Waals surface area contributed by atoms with E-state index in [0.717, 1.165) is 11.1 Å². The molecule has 3 heterocycles. The second kappa shape index (κ2) is 3.12. The summed E-state index contributed by atoms with van der Waals surface area (Å²) >= 11 is 11.8. The topological polar surface area (TPSA) is 50.4 Å². The molecule has 1 aliphatic rings. The zero-order valence-corrected chi connectivity index (χ0v) is 8.88. The number of aromatic nitrogens is 1. The molecule has 0 amide bonds. The molecule has 0 fully saturated rings. The van der Waals surface area contributed by atoms with Crippen LogP contribution in [-0.4, -0.2) is 10.3 Å². The van der Waals surface area contributed by atoms with Gasteiger partial charge >= 0.3 is 0 Å². The van der Waals surface area contributed by atoms with Crippen LogP contribution < -0.4 is 5.32 Å². The second-order valence-corrected chi connectivity index (χ2v) is 3.85. The van der Waals surface area contributed by atoms with Crippen molar-refractivity contribution in [1.29, 1.82) is 0 Å². The summed E-state index contributed by atoms with van der Waals surface area (Å²) in [5, 5.41) is 4.02. The molecule has 0 spiro atoms. The van der Waals surface area contributed by atoms with Crippen LogP contribution in [0.4, 0.5) is 5.69 Å². The Labute approximate surface area is 94.9 Å². The van der Waals surface area contributed by atoms with Crippen LogP contribution in [0.1, 0.15) is 11.3 Å². The maximum absolute atomic E-state index is 5.98. The SMILES string of the molecule is ClC1=NC(Cl)c2oc3ncccc3c2N1. The number of pyridine rings is 1. The third-order valence-corrected chi connectivity index (χ3v) is 2.65. The van der Waals surface area contributed by atoms with Gasteiger partial charge in [0.05, 0.1) is 11.1 Å². The summed E-state index contributed by atoms with van der Waals surface area (Å²) < 4.78 is 5.48. The Kier molecular flexibility index (Phi) is 1.87. The van der Waals surface area contributed by atoms with Crippen molar-refractivity contribution in [3.63, 3.8) is 0 Å². The first kappa shape index (κ1) is 9.00. The molecule has 0 bridgehead atoms. The summed E-state index contributed by atoms with van der Waals surface area (Å²) in [5.74, 6) is 0.551. The molecule has 2 aromatic heterocycles. The number of halogens is 2. The summed E-state index contributed by atoms with van der Waals surface area (Å²) in [6.45, 7) is 0. The summed E-state index contributed by atoms with van der Waals surface area (Å²) in [5.41, 5.74) is 0.684. The average molecular weight is 242 g/mol. The van der Waals surface area contributed by atoms with Crippen molar-refractivity contribution in [1.82, 2.24) is 4.98 Å². The van der Waals surface area contributed by atoms with Gasteiger partial charge in [0.2, 0.25) is 5.71 Å². The van der Waals surface area contributed by atoms with Crippen LogP contribution >= 0.6 is 23.2 Å². The van der Waals surface area contributed by atoms with Crippen molar-refractivity contribution >= 4 is 45.3 Å². The van der Waals surface area contributed by atoms with Crippen LogP contribution in [0, 0.1) is 0 Å². The fraction of sp³-hybridized carbons (Fsp3) is 0.111. The lowest BCUT2D eigenvalue weighted by Gasteiger charge is -2.12. The standard InChI is InChI=1S/C9H5Cl2N3O/c10-7-6-5(13-9(11)14-7)4-2-1-3-12-8(4)15-6/h1-3,7H,(H,13,14). The molecule has 3 rings (SSSR count). The minimum absolute atomic E-state index is 0.258. The molecular formula is C9H5Cl2N3O. The first-order chi connectivity index (χ1) is 7.25. The minimum Gasteiger partial charge on any atom is -0.437 e. The minimum atomic E-state index is -0.594. The Morgan fingerprint density at radius 2 is 2.33 bits per heavy atom. The maximum atomic E-state index is 5.98. The first-order valence-electron chi connectivity index (χ1n) is 4.27. The van der Waals surface area contributed by atoms with E-state index in [1.807, 2.05) is 12.1 Å². The molecule has 1 atom stereocenters. The number of aliphatic imine (C=N–C) groups is 1. The number of nitrogens with one attached hydrogen (secondary N) is 1. The number of furan rings is 1. The molecule has 0 saturated carbocycles. The molecule has 6 heteroatoms. The van der Waals surface area contributed by atoms with Crippen molar-refractivity contribution in [2.45, 2.75) is 5.50 Å². The lowest BCUT2D eigenvalue weighted by atomic mass is 10.2. The number of alkyl halides is 1. The molecule has 2 aromatic rings. The third-order valence-electron chi connectivity index (χ3n) is 2.16. The monoisotopic (exact) mass is 241 g/mol. The van der Waals surface area contributed by atoms with Gasteiger partial charge in [-0.25, -0.2) is 9.98 Å². The highest BCUT2D eigenvalue weighted by molar-refractivity contribution is 6.68. The Hall–Kier alpha value is -1.26. The predicted octanol–water partition coefficient (Wildman–Crippen LogP) is 3.09. The molecule has 1 N–H and O–H groups in total. The maximum Gasteiger partial charge on any atom is 0.228 e. The molecule has 1 aliphatic heterocycles. The number of amidine groups is 1. The number of hydrogen-bond acceptors (Lipinski definition) is 4. The number of hydrogen-bond donors (Lipinski definition) is 1. The fourth-order valence-electron chi connectivity index (χ4n) is 1.54. The Balaban J connectivity index is 2.31. The van der Waals surface area contributed by atoms with Crippen molar-refractivity contribution in [2.24, 2.45) is 4.99 Å². The number of anilines is 1. The number of nitrogens with zero attached hydrogens (tertiary/aromatic N) is 2. The highest BCUT2D eigenvalue weighted by atomic mass is 35.5. The van der Waals surface area contributed by atoms with Crippen LogP contribution in [0.2, 0.25) is 0 Å². The highest BCUT2D eigenvalue weighted by Crippen LogP contribution is 2.39. The van der Waals surface area contributed by atoms with Gasteiger partial charge in [0.15, 0.2) is 16.6 Å². The van der Waals surface area contributed by atoms with Crippen molar-refractivity contribution in [3.05, 3.63) is 24.1 Å². The Morgan fingerprint density at radius 3 is 3.20 bits per heavy atom. The predicted molar refractivity (Wildman–Crippen MR) is 59.5 cm³/mol. The zero-order valence-electron chi connectivity index (χ0n) is 7.37.